The van der Waals surface area contributed by atoms with Crippen LogP contribution in [-0.4, -0.2) is 0 Å². The first-order chi connectivity index (χ1) is 9.33. The SMILES string of the molecule is CCCC[C@H]1CC[C@H]([C@H]2CC[C@H](C=CF)CC2)CC1. The summed E-state index contributed by atoms with van der Waals surface area (Å²) in [4.78, 5) is 0. The summed E-state index contributed by atoms with van der Waals surface area (Å²) in [6, 6.07) is 0. The summed E-state index contributed by atoms with van der Waals surface area (Å²) in [6.07, 6.45) is 17.8. The largest absolute Gasteiger partial charge is 0.216 e. The van der Waals surface area contributed by atoms with E-state index in [1.807, 2.05) is 0 Å². The minimum atomic E-state index is 0.530. The number of allylic oxidation sites excluding steroid dienone is 1. The number of unbranched alkanes of at least 4 members (excludes halogenated alkanes) is 1. The molecule has 0 amide bonds. The van der Waals surface area contributed by atoms with Crippen molar-refractivity contribution in [2.45, 2.75) is 77.6 Å². The predicted molar refractivity (Wildman–Crippen MR) is 80.7 cm³/mol. The van der Waals surface area contributed by atoms with Gasteiger partial charge in [0.05, 0.1) is 6.33 Å². The lowest BCUT2D eigenvalue weighted by atomic mass is 9.69. The third-order valence-electron chi connectivity index (χ3n) is 5.69. The molecule has 19 heavy (non-hydrogen) atoms. The highest BCUT2D eigenvalue weighted by Crippen LogP contribution is 2.42. The monoisotopic (exact) mass is 266 g/mol. The minimum Gasteiger partial charge on any atom is -0.216 e. The second-order valence-corrected chi connectivity index (χ2v) is 6.92. The third-order valence-corrected chi connectivity index (χ3v) is 5.69. The number of rotatable bonds is 5. The van der Waals surface area contributed by atoms with Gasteiger partial charge in [-0.25, -0.2) is 4.39 Å². The first kappa shape index (κ1) is 15.1. The van der Waals surface area contributed by atoms with Crippen LogP contribution in [0.15, 0.2) is 12.4 Å². The van der Waals surface area contributed by atoms with E-state index in [4.69, 9.17) is 0 Å². The van der Waals surface area contributed by atoms with Gasteiger partial charge in [-0.1, -0.05) is 45.1 Å². The zero-order valence-corrected chi connectivity index (χ0v) is 12.6. The Morgan fingerprint density at radius 1 is 0.895 bits per heavy atom. The highest BCUT2D eigenvalue weighted by Gasteiger charge is 2.30. The van der Waals surface area contributed by atoms with Crippen molar-refractivity contribution in [2.75, 3.05) is 0 Å². The average Bonchev–Trinajstić information content (AvgIpc) is 2.47. The first-order valence-electron chi connectivity index (χ1n) is 8.60. The van der Waals surface area contributed by atoms with Gasteiger partial charge < -0.3 is 0 Å². The Kier molecular flexibility index (Phi) is 6.40. The molecule has 0 unspecified atom stereocenters. The van der Waals surface area contributed by atoms with E-state index in [-0.39, 0.29) is 0 Å². The smallest absolute Gasteiger partial charge is 0.0829 e. The molecule has 0 aromatic rings. The molecular formula is C18H31F. The zero-order valence-electron chi connectivity index (χ0n) is 12.6. The highest BCUT2D eigenvalue weighted by atomic mass is 19.1. The maximum atomic E-state index is 12.2. The molecule has 0 radical (unpaired) electrons. The van der Waals surface area contributed by atoms with Gasteiger partial charge in [0.2, 0.25) is 0 Å². The first-order valence-corrected chi connectivity index (χ1v) is 8.60. The molecule has 0 nitrogen and oxygen atoms in total. The normalized spacial score (nSPS) is 36.7. The molecule has 2 rings (SSSR count). The third kappa shape index (κ3) is 4.61. The molecule has 2 fully saturated rings. The lowest BCUT2D eigenvalue weighted by molar-refractivity contribution is 0.151. The quantitative estimate of drug-likeness (QED) is 0.550. The Labute approximate surface area is 118 Å². The van der Waals surface area contributed by atoms with Crippen LogP contribution < -0.4 is 0 Å². The van der Waals surface area contributed by atoms with Crippen LogP contribution in [0, 0.1) is 23.7 Å². The van der Waals surface area contributed by atoms with E-state index in [1.54, 1.807) is 6.08 Å². The van der Waals surface area contributed by atoms with Crippen LogP contribution in [0.2, 0.25) is 0 Å². The fraction of sp³-hybridized carbons (Fsp3) is 0.889. The van der Waals surface area contributed by atoms with Gasteiger partial charge in [-0.3, -0.25) is 0 Å². The number of hydrogen-bond donors (Lipinski definition) is 0. The van der Waals surface area contributed by atoms with Gasteiger partial charge in [-0.05, 0) is 62.2 Å². The zero-order chi connectivity index (χ0) is 13.5. The van der Waals surface area contributed by atoms with Crippen molar-refractivity contribution in [2.24, 2.45) is 23.7 Å². The molecule has 1 heteroatoms. The molecule has 0 aromatic carbocycles. The minimum absolute atomic E-state index is 0.530. The van der Waals surface area contributed by atoms with Crippen LogP contribution >= 0.6 is 0 Å². The Morgan fingerprint density at radius 2 is 1.47 bits per heavy atom. The maximum absolute atomic E-state index is 12.2. The molecule has 0 spiro atoms. The summed E-state index contributed by atoms with van der Waals surface area (Å²) in [7, 11) is 0. The standard InChI is InChI=1S/C18H31F/c1-2-3-4-15-5-9-17(10-6-15)18-11-7-16(8-12-18)13-14-19/h13-18H,2-12H2,1H3/t15-,16-,17-,18-. The van der Waals surface area contributed by atoms with E-state index in [9.17, 15) is 4.39 Å². The van der Waals surface area contributed by atoms with Crippen molar-refractivity contribution in [1.29, 1.82) is 0 Å². The van der Waals surface area contributed by atoms with Gasteiger partial charge in [0.1, 0.15) is 0 Å². The van der Waals surface area contributed by atoms with Crippen molar-refractivity contribution >= 4 is 0 Å². The molecule has 2 saturated carbocycles. The lowest BCUT2D eigenvalue weighted by Crippen LogP contribution is -2.25. The molecule has 0 atom stereocenters. The van der Waals surface area contributed by atoms with Crippen LogP contribution in [-0.2, 0) is 0 Å². The van der Waals surface area contributed by atoms with Gasteiger partial charge >= 0.3 is 0 Å². The van der Waals surface area contributed by atoms with Crippen LogP contribution in [0.1, 0.15) is 77.6 Å². The van der Waals surface area contributed by atoms with E-state index in [1.165, 1.54) is 70.6 Å². The average molecular weight is 266 g/mol. The van der Waals surface area contributed by atoms with Crippen molar-refractivity contribution < 1.29 is 4.39 Å². The van der Waals surface area contributed by atoms with E-state index < -0.39 is 0 Å². The molecule has 110 valence electrons. The highest BCUT2D eigenvalue weighted by molar-refractivity contribution is 4.89. The van der Waals surface area contributed by atoms with E-state index in [2.05, 4.69) is 6.92 Å². The van der Waals surface area contributed by atoms with Gasteiger partial charge in [0.15, 0.2) is 0 Å². The second kappa shape index (κ2) is 8.07. The molecule has 2 aliphatic rings. The van der Waals surface area contributed by atoms with Gasteiger partial charge in [0.25, 0.3) is 0 Å². The van der Waals surface area contributed by atoms with E-state index in [0.29, 0.717) is 5.92 Å². The summed E-state index contributed by atoms with van der Waals surface area (Å²) < 4.78 is 12.2. The summed E-state index contributed by atoms with van der Waals surface area (Å²) in [5.41, 5.74) is 0. The molecule has 0 N–H and O–H groups in total. The number of halogens is 1. The summed E-state index contributed by atoms with van der Waals surface area (Å²) >= 11 is 0. The molecular weight excluding hydrogens is 235 g/mol. The summed E-state index contributed by atoms with van der Waals surface area (Å²) in [5.74, 6) is 3.51. The molecule has 0 aromatic heterocycles. The van der Waals surface area contributed by atoms with Crippen molar-refractivity contribution in [3.63, 3.8) is 0 Å². The van der Waals surface area contributed by atoms with Gasteiger partial charge in [-0.15, -0.1) is 0 Å². The van der Waals surface area contributed by atoms with E-state index >= 15 is 0 Å². The summed E-state index contributed by atoms with van der Waals surface area (Å²) in [5, 5.41) is 0. The Hall–Kier alpha value is -0.330. The maximum Gasteiger partial charge on any atom is 0.0829 e. The van der Waals surface area contributed by atoms with Crippen LogP contribution in [0.4, 0.5) is 4.39 Å². The molecule has 0 saturated heterocycles. The van der Waals surface area contributed by atoms with Crippen molar-refractivity contribution in [3.8, 4) is 0 Å². The molecule has 0 bridgehead atoms. The molecule has 0 heterocycles. The van der Waals surface area contributed by atoms with Crippen molar-refractivity contribution in [3.05, 3.63) is 12.4 Å². The second-order valence-electron chi connectivity index (χ2n) is 6.92. The number of hydrogen-bond acceptors (Lipinski definition) is 0. The topological polar surface area (TPSA) is 0 Å². The van der Waals surface area contributed by atoms with Crippen LogP contribution in [0.5, 0.6) is 0 Å². The molecule has 0 aliphatic heterocycles. The lowest BCUT2D eigenvalue weighted by Gasteiger charge is -2.37. The fourth-order valence-electron chi connectivity index (χ4n) is 4.35. The molecule has 2 aliphatic carbocycles. The van der Waals surface area contributed by atoms with Crippen molar-refractivity contribution in [1.82, 2.24) is 0 Å². The Morgan fingerprint density at radius 3 is 2.00 bits per heavy atom. The predicted octanol–water partition coefficient (Wildman–Crippen LogP) is 6.27. The fourth-order valence-corrected chi connectivity index (χ4v) is 4.35. The van der Waals surface area contributed by atoms with Crippen LogP contribution in [0.3, 0.4) is 0 Å². The van der Waals surface area contributed by atoms with Crippen LogP contribution in [0.25, 0.3) is 0 Å². The van der Waals surface area contributed by atoms with E-state index in [0.717, 1.165) is 24.1 Å². The van der Waals surface area contributed by atoms with Gasteiger partial charge in [-0.2, -0.15) is 0 Å². The summed E-state index contributed by atoms with van der Waals surface area (Å²) in [6.45, 7) is 2.30. The van der Waals surface area contributed by atoms with Gasteiger partial charge in [0, 0.05) is 0 Å². The Bertz CT molecular complexity index is 255. The Balaban J connectivity index is 1.68.